The van der Waals surface area contributed by atoms with Crippen molar-refractivity contribution in [1.29, 1.82) is 0 Å². The van der Waals surface area contributed by atoms with Crippen LogP contribution in [0.15, 0.2) is 30.5 Å². The number of carbonyl (C=O) groups excluding carboxylic acids is 1. The zero-order chi connectivity index (χ0) is 18.1. The molecule has 2 atom stereocenters. The van der Waals surface area contributed by atoms with Gasteiger partial charge in [0.1, 0.15) is 17.9 Å². The summed E-state index contributed by atoms with van der Waals surface area (Å²) in [5.41, 5.74) is 1.24. The molecule has 1 saturated carbocycles. The van der Waals surface area contributed by atoms with E-state index in [2.05, 4.69) is 10.3 Å². The Morgan fingerprint density at radius 3 is 2.88 bits per heavy atom. The standard InChI is InChI=1S/C18H22N4O4/c1-25-17-5-3-2-4-12(17)8-21(13-6-7-13)18(24)14-9-22(20-19-14)15-10-26-11-16(15)23/h2-5,9,13,15-16,23H,6-8,10-11H2,1H3/t15-,16-/m1/s1. The number of para-hydroxylation sites is 1. The van der Waals surface area contributed by atoms with E-state index in [4.69, 9.17) is 9.47 Å². The lowest BCUT2D eigenvalue weighted by atomic mass is 10.1. The number of rotatable bonds is 6. The van der Waals surface area contributed by atoms with E-state index in [9.17, 15) is 9.90 Å². The van der Waals surface area contributed by atoms with Crippen LogP contribution in [-0.4, -0.2) is 63.4 Å². The van der Waals surface area contributed by atoms with Gasteiger partial charge < -0.3 is 19.5 Å². The highest BCUT2D eigenvalue weighted by atomic mass is 16.5. The van der Waals surface area contributed by atoms with Crippen LogP contribution in [0.25, 0.3) is 0 Å². The number of nitrogens with zero attached hydrogens (tertiary/aromatic N) is 4. The van der Waals surface area contributed by atoms with E-state index in [1.807, 2.05) is 29.2 Å². The van der Waals surface area contributed by atoms with Gasteiger partial charge in [0.25, 0.3) is 5.91 Å². The van der Waals surface area contributed by atoms with Gasteiger partial charge in [0.05, 0.1) is 26.5 Å². The van der Waals surface area contributed by atoms with Gasteiger partial charge in [-0.2, -0.15) is 0 Å². The molecular formula is C18H22N4O4. The van der Waals surface area contributed by atoms with Crippen molar-refractivity contribution in [2.45, 2.75) is 37.6 Å². The van der Waals surface area contributed by atoms with Crippen molar-refractivity contribution in [3.8, 4) is 5.75 Å². The molecule has 138 valence electrons. The largest absolute Gasteiger partial charge is 0.496 e. The molecule has 8 nitrogen and oxygen atoms in total. The molecular weight excluding hydrogens is 336 g/mol. The zero-order valence-corrected chi connectivity index (χ0v) is 14.6. The second-order valence-corrected chi connectivity index (χ2v) is 6.73. The van der Waals surface area contributed by atoms with Crippen LogP contribution in [0.5, 0.6) is 5.75 Å². The summed E-state index contributed by atoms with van der Waals surface area (Å²) < 4.78 is 12.2. The number of hydrogen-bond donors (Lipinski definition) is 1. The Morgan fingerprint density at radius 1 is 1.38 bits per heavy atom. The summed E-state index contributed by atoms with van der Waals surface area (Å²) in [5.74, 6) is 0.610. The lowest BCUT2D eigenvalue weighted by molar-refractivity contribution is 0.0722. The van der Waals surface area contributed by atoms with Crippen LogP contribution in [-0.2, 0) is 11.3 Å². The van der Waals surface area contributed by atoms with Crippen molar-refractivity contribution < 1.29 is 19.4 Å². The van der Waals surface area contributed by atoms with Crippen LogP contribution in [0.1, 0.15) is 34.9 Å². The number of aliphatic hydroxyl groups is 1. The monoisotopic (exact) mass is 358 g/mol. The molecule has 2 aromatic rings. The van der Waals surface area contributed by atoms with Gasteiger partial charge in [-0.1, -0.05) is 23.4 Å². The fraction of sp³-hybridized carbons (Fsp3) is 0.500. The fourth-order valence-electron chi connectivity index (χ4n) is 3.24. The number of aromatic nitrogens is 3. The van der Waals surface area contributed by atoms with Crippen molar-refractivity contribution in [2.75, 3.05) is 20.3 Å². The lowest BCUT2D eigenvalue weighted by Crippen LogP contribution is -2.33. The molecule has 4 rings (SSSR count). The molecule has 1 aliphatic carbocycles. The normalized spacial score (nSPS) is 22.4. The first-order valence-corrected chi connectivity index (χ1v) is 8.78. The highest BCUT2D eigenvalue weighted by Crippen LogP contribution is 2.31. The molecule has 1 N–H and O–H groups in total. The molecule has 2 fully saturated rings. The Balaban J connectivity index is 1.54. The van der Waals surface area contributed by atoms with Gasteiger partial charge in [0.2, 0.25) is 0 Å². The Hall–Kier alpha value is -2.45. The summed E-state index contributed by atoms with van der Waals surface area (Å²) >= 11 is 0. The molecule has 1 aliphatic heterocycles. The minimum atomic E-state index is -0.632. The van der Waals surface area contributed by atoms with Crippen molar-refractivity contribution in [1.82, 2.24) is 19.9 Å². The smallest absolute Gasteiger partial charge is 0.276 e. The molecule has 2 aliphatic rings. The topological polar surface area (TPSA) is 89.7 Å². The van der Waals surface area contributed by atoms with Crippen LogP contribution in [0, 0.1) is 0 Å². The quantitative estimate of drug-likeness (QED) is 0.829. The minimum Gasteiger partial charge on any atom is -0.496 e. The highest BCUT2D eigenvalue weighted by molar-refractivity contribution is 5.92. The third-order valence-corrected chi connectivity index (χ3v) is 4.87. The molecule has 1 aromatic carbocycles. The van der Waals surface area contributed by atoms with E-state index >= 15 is 0 Å². The van der Waals surface area contributed by atoms with Gasteiger partial charge in [-0.05, 0) is 18.9 Å². The Labute approximate surface area is 151 Å². The van der Waals surface area contributed by atoms with E-state index in [-0.39, 0.29) is 30.3 Å². The maximum Gasteiger partial charge on any atom is 0.276 e. The number of aliphatic hydroxyl groups excluding tert-OH is 1. The molecule has 1 saturated heterocycles. The first-order chi connectivity index (χ1) is 12.7. The van der Waals surface area contributed by atoms with Crippen LogP contribution < -0.4 is 4.74 Å². The molecule has 0 radical (unpaired) electrons. The maximum absolute atomic E-state index is 13.0. The third kappa shape index (κ3) is 3.30. The SMILES string of the molecule is COc1ccccc1CN(C(=O)c1cn([C@@H]2COC[C@H]2O)nn1)C1CC1. The number of benzene rings is 1. The molecule has 0 bridgehead atoms. The molecule has 0 spiro atoms. The van der Waals surface area contributed by atoms with Crippen molar-refractivity contribution in [3.05, 3.63) is 41.7 Å². The average Bonchev–Trinajstić information content (AvgIpc) is 3.22. The van der Waals surface area contributed by atoms with E-state index in [1.165, 1.54) is 4.68 Å². The Morgan fingerprint density at radius 2 is 2.19 bits per heavy atom. The third-order valence-electron chi connectivity index (χ3n) is 4.87. The molecule has 8 heteroatoms. The van der Waals surface area contributed by atoms with E-state index in [1.54, 1.807) is 13.3 Å². The zero-order valence-electron chi connectivity index (χ0n) is 14.6. The van der Waals surface area contributed by atoms with E-state index in [0.29, 0.717) is 13.2 Å². The summed E-state index contributed by atoms with van der Waals surface area (Å²) in [6.45, 7) is 1.11. The van der Waals surface area contributed by atoms with Gasteiger partial charge in [0.15, 0.2) is 5.69 Å². The first-order valence-electron chi connectivity index (χ1n) is 8.78. The molecule has 0 unspecified atom stereocenters. The Bertz CT molecular complexity index is 789. The molecule has 1 aromatic heterocycles. The number of methoxy groups -OCH3 is 1. The maximum atomic E-state index is 13.0. The molecule has 26 heavy (non-hydrogen) atoms. The number of ether oxygens (including phenoxy) is 2. The van der Waals surface area contributed by atoms with Gasteiger partial charge in [-0.15, -0.1) is 5.10 Å². The number of hydrogen-bond acceptors (Lipinski definition) is 6. The summed E-state index contributed by atoms with van der Waals surface area (Å²) in [6.07, 6.45) is 2.95. The highest BCUT2D eigenvalue weighted by Gasteiger charge is 2.35. The summed E-state index contributed by atoms with van der Waals surface area (Å²) in [6, 6.07) is 7.62. The molecule has 2 heterocycles. The number of carbonyl (C=O) groups is 1. The van der Waals surface area contributed by atoms with Crippen LogP contribution in [0.3, 0.4) is 0 Å². The second-order valence-electron chi connectivity index (χ2n) is 6.73. The lowest BCUT2D eigenvalue weighted by Gasteiger charge is -2.22. The number of amides is 1. The van der Waals surface area contributed by atoms with E-state index in [0.717, 1.165) is 24.2 Å². The Kier molecular flexibility index (Phi) is 4.60. The minimum absolute atomic E-state index is 0.155. The predicted octanol–water partition coefficient (Wildman–Crippen LogP) is 1.02. The van der Waals surface area contributed by atoms with Gasteiger partial charge >= 0.3 is 0 Å². The average molecular weight is 358 g/mol. The van der Waals surface area contributed by atoms with Crippen molar-refractivity contribution in [3.63, 3.8) is 0 Å². The summed E-state index contributed by atoms with van der Waals surface area (Å²) in [7, 11) is 1.63. The van der Waals surface area contributed by atoms with Gasteiger partial charge in [-0.3, -0.25) is 4.79 Å². The predicted molar refractivity (Wildman–Crippen MR) is 91.8 cm³/mol. The van der Waals surface area contributed by atoms with Crippen LogP contribution in [0.2, 0.25) is 0 Å². The van der Waals surface area contributed by atoms with Gasteiger partial charge in [-0.25, -0.2) is 4.68 Å². The van der Waals surface area contributed by atoms with Crippen LogP contribution in [0.4, 0.5) is 0 Å². The second kappa shape index (κ2) is 7.05. The fourth-order valence-corrected chi connectivity index (χ4v) is 3.24. The summed E-state index contributed by atoms with van der Waals surface area (Å²) in [4.78, 5) is 14.8. The first kappa shape index (κ1) is 17.0. The molecule has 1 amide bonds. The van der Waals surface area contributed by atoms with Gasteiger partial charge in [0, 0.05) is 18.2 Å². The van der Waals surface area contributed by atoms with Crippen molar-refractivity contribution >= 4 is 5.91 Å². The van der Waals surface area contributed by atoms with Crippen LogP contribution >= 0.6 is 0 Å². The van der Waals surface area contributed by atoms with Crippen molar-refractivity contribution in [2.24, 2.45) is 0 Å². The summed E-state index contributed by atoms with van der Waals surface area (Å²) in [5, 5.41) is 18.0. The van der Waals surface area contributed by atoms with E-state index < -0.39 is 6.10 Å².